The van der Waals surface area contributed by atoms with Gasteiger partial charge >= 0.3 is 0 Å². The highest BCUT2D eigenvalue weighted by Gasteiger charge is 2.31. The minimum Gasteiger partial charge on any atom is -0.497 e. The maximum atomic E-state index is 13.2. The third-order valence-electron chi connectivity index (χ3n) is 5.27. The second-order valence-electron chi connectivity index (χ2n) is 7.17. The summed E-state index contributed by atoms with van der Waals surface area (Å²) in [6.45, 7) is 5.39. The number of hydrogen-bond acceptors (Lipinski definition) is 4. The summed E-state index contributed by atoms with van der Waals surface area (Å²) in [5, 5.41) is 3.07. The van der Waals surface area contributed by atoms with E-state index in [1.54, 1.807) is 7.11 Å². The average molecular weight is 383 g/mol. The van der Waals surface area contributed by atoms with Crippen molar-refractivity contribution in [3.63, 3.8) is 0 Å². The van der Waals surface area contributed by atoms with E-state index in [2.05, 4.69) is 10.2 Å². The molecule has 1 fully saturated rings. The average Bonchev–Trinajstić information content (AvgIpc) is 2.74. The number of carbonyl (C=O) groups is 1. The first-order valence-electron chi connectivity index (χ1n) is 10.0. The maximum absolute atomic E-state index is 13.2. The van der Waals surface area contributed by atoms with Gasteiger partial charge in [0, 0.05) is 25.0 Å². The maximum Gasteiger partial charge on any atom is 0.246 e. The van der Waals surface area contributed by atoms with E-state index in [1.807, 2.05) is 61.5 Å². The predicted octanol–water partition coefficient (Wildman–Crippen LogP) is 4.12. The molecule has 0 aromatic heterocycles. The van der Waals surface area contributed by atoms with Crippen LogP contribution in [0.1, 0.15) is 31.4 Å². The first-order chi connectivity index (χ1) is 13.7. The number of likely N-dealkylation sites (tertiary alicyclic amines) is 1. The number of nitrogens with one attached hydrogen (secondary N) is 1. The van der Waals surface area contributed by atoms with Crippen LogP contribution in [-0.4, -0.2) is 44.2 Å². The minimum absolute atomic E-state index is 0.0114. The minimum atomic E-state index is -0.305. The Hall–Kier alpha value is -2.37. The van der Waals surface area contributed by atoms with Gasteiger partial charge in [-0.25, -0.2) is 0 Å². The summed E-state index contributed by atoms with van der Waals surface area (Å²) >= 11 is 0. The third-order valence-corrected chi connectivity index (χ3v) is 5.27. The molecule has 1 heterocycles. The van der Waals surface area contributed by atoms with Crippen LogP contribution in [0, 0.1) is 5.92 Å². The van der Waals surface area contributed by atoms with Gasteiger partial charge in [-0.2, -0.15) is 0 Å². The second-order valence-corrected chi connectivity index (χ2v) is 7.17. The van der Waals surface area contributed by atoms with Crippen molar-refractivity contribution in [2.75, 3.05) is 38.7 Å². The molecule has 0 unspecified atom stereocenters. The van der Waals surface area contributed by atoms with E-state index < -0.39 is 0 Å². The molecule has 1 aliphatic rings. The molecule has 5 heteroatoms. The monoisotopic (exact) mass is 382 g/mol. The molecule has 1 saturated heterocycles. The number of piperidine rings is 1. The van der Waals surface area contributed by atoms with E-state index in [0.29, 0.717) is 5.92 Å². The molecule has 0 saturated carbocycles. The summed E-state index contributed by atoms with van der Waals surface area (Å²) in [6.07, 6.45) is 2.10. The lowest BCUT2D eigenvalue weighted by atomic mass is 9.94. The lowest BCUT2D eigenvalue weighted by molar-refractivity contribution is -0.122. The van der Waals surface area contributed by atoms with Gasteiger partial charge in [-0.05, 0) is 56.5 Å². The molecular formula is C23H30N2O3. The molecule has 0 spiro atoms. The second kappa shape index (κ2) is 10.2. The summed E-state index contributed by atoms with van der Waals surface area (Å²) in [5.74, 6) is 1.29. The van der Waals surface area contributed by atoms with Gasteiger partial charge in [-0.1, -0.05) is 36.4 Å². The number of rotatable bonds is 8. The standard InChI is InChI=1S/C23H30N2O3/c1-3-28-17-18-12-14-25(15-13-18)22(19-8-5-4-6-9-19)23(26)24-20-10-7-11-21(16-20)27-2/h4-11,16,18,22H,3,12-15,17H2,1-2H3,(H,24,26)/t22-/m0/s1. The molecule has 28 heavy (non-hydrogen) atoms. The van der Waals surface area contributed by atoms with Crippen LogP contribution >= 0.6 is 0 Å². The molecule has 0 radical (unpaired) electrons. The van der Waals surface area contributed by atoms with Gasteiger partial charge in [0.15, 0.2) is 0 Å². The Morgan fingerprint density at radius 2 is 1.89 bits per heavy atom. The van der Waals surface area contributed by atoms with Gasteiger partial charge in [-0.3, -0.25) is 9.69 Å². The Balaban J connectivity index is 1.73. The third kappa shape index (κ3) is 5.33. The zero-order valence-corrected chi connectivity index (χ0v) is 16.8. The molecule has 1 amide bonds. The van der Waals surface area contributed by atoms with Crippen molar-refractivity contribution in [3.8, 4) is 5.75 Å². The van der Waals surface area contributed by atoms with Crippen molar-refractivity contribution >= 4 is 11.6 Å². The number of benzene rings is 2. The first-order valence-corrected chi connectivity index (χ1v) is 10.0. The van der Waals surface area contributed by atoms with Crippen LogP contribution in [0.5, 0.6) is 5.75 Å². The number of hydrogen-bond donors (Lipinski definition) is 1. The molecule has 1 aliphatic heterocycles. The van der Waals surface area contributed by atoms with E-state index >= 15 is 0 Å². The van der Waals surface area contributed by atoms with Gasteiger partial charge in [-0.15, -0.1) is 0 Å². The Labute approximate surface area is 167 Å². The zero-order valence-electron chi connectivity index (χ0n) is 16.8. The van der Waals surface area contributed by atoms with Crippen LogP contribution in [0.25, 0.3) is 0 Å². The van der Waals surface area contributed by atoms with E-state index in [1.165, 1.54) is 0 Å². The quantitative estimate of drug-likeness (QED) is 0.746. The van der Waals surface area contributed by atoms with Crippen LogP contribution < -0.4 is 10.1 Å². The smallest absolute Gasteiger partial charge is 0.246 e. The number of ether oxygens (including phenoxy) is 2. The van der Waals surface area contributed by atoms with Crippen LogP contribution in [0.2, 0.25) is 0 Å². The Morgan fingerprint density at radius 1 is 1.14 bits per heavy atom. The van der Waals surface area contributed by atoms with Crippen molar-refractivity contribution in [2.45, 2.75) is 25.8 Å². The van der Waals surface area contributed by atoms with Crippen molar-refractivity contribution in [2.24, 2.45) is 5.92 Å². The molecular weight excluding hydrogens is 352 g/mol. The van der Waals surface area contributed by atoms with Crippen LogP contribution in [0.4, 0.5) is 5.69 Å². The Morgan fingerprint density at radius 3 is 2.57 bits per heavy atom. The van der Waals surface area contributed by atoms with Crippen molar-refractivity contribution < 1.29 is 14.3 Å². The topological polar surface area (TPSA) is 50.8 Å². The summed E-state index contributed by atoms with van der Waals surface area (Å²) < 4.78 is 10.9. The van der Waals surface area contributed by atoms with Crippen LogP contribution in [0.3, 0.4) is 0 Å². The number of nitrogens with zero attached hydrogens (tertiary/aromatic N) is 1. The lowest BCUT2D eigenvalue weighted by Gasteiger charge is -2.37. The predicted molar refractivity (Wildman–Crippen MR) is 112 cm³/mol. The van der Waals surface area contributed by atoms with E-state index in [4.69, 9.17) is 9.47 Å². The summed E-state index contributed by atoms with van der Waals surface area (Å²) in [4.78, 5) is 15.5. The Kier molecular flexibility index (Phi) is 7.46. The number of carbonyl (C=O) groups excluding carboxylic acids is 1. The molecule has 3 rings (SSSR count). The molecule has 2 aromatic carbocycles. The molecule has 150 valence electrons. The molecule has 0 aliphatic carbocycles. The van der Waals surface area contributed by atoms with E-state index in [0.717, 1.165) is 56.1 Å². The van der Waals surface area contributed by atoms with Gasteiger partial charge in [0.05, 0.1) is 7.11 Å². The van der Waals surface area contributed by atoms with Crippen LogP contribution in [-0.2, 0) is 9.53 Å². The summed E-state index contributed by atoms with van der Waals surface area (Å²) in [6, 6.07) is 17.2. The highest BCUT2D eigenvalue weighted by Crippen LogP contribution is 2.29. The number of amides is 1. The van der Waals surface area contributed by atoms with Crippen LogP contribution in [0.15, 0.2) is 54.6 Å². The SMILES string of the molecule is CCOCC1CCN([C@H](C(=O)Nc2cccc(OC)c2)c2ccccc2)CC1. The first kappa shape index (κ1) is 20.4. The summed E-state index contributed by atoms with van der Waals surface area (Å²) in [7, 11) is 1.63. The fourth-order valence-electron chi connectivity index (χ4n) is 3.74. The highest BCUT2D eigenvalue weighted by atomic mass is 16.5. The number of methoxy groups -OCH3 is 1. The zero-order chi connectivity index (χ0) is 19.8. The molecule has 2 aromatic rings. The lowest BCUT2D eigenvalue weighted by Crippen LogP contribution is -2.42. The van der Waals surface area contributed by atoms with Gasteiger partial charge < -0.3 is 14.8 Å². The fourth-order valence-corrected chi connectivity index (χ4v) is 3.74. The van der Waals surface area contributed by atoms with Gasteiger partial charge in [0.1, 0.15) is 11.8 Å². The van der Waals surface area contributed by atoms with Gasteiger partial charge in [0.2, 0.25) is 5.91 Å². The number of anilines is 1. The van der Waals surface area contributed by atoms with Crippen molar-refractivity contribution in [1.82, 2.24) is 4.90 Å². The van der Waals surface area contributed by atoms with E-state index in [9.17, 15) is 4.79 Å². The summed E-state index contributed by atoms with van der Waals surface area (Å²) in [5.41, 5.74) is 1.77. The molecule has 1 N–H and O–H groups in total. The Bertz CT molecular complexity index is 743. The van der Waals surface area contributed by atoms with Crippen molar-refractivity contribution in [1.29, 1.82) is 0 Å². The molecule has 0 bridgehead atoms. The molecule has 1 atom stereocenters. The largest absolute Gasteiger partial charge is 0.497 e. The van der Waals surface area contributed by atoms with Gasteiger partial charge in [0.25, 0.3) is 0 Å². The van der Waals surface area contributed by atoms with E-state index in [-0.39, 0.29) is 11.9 Å². The normalized spacial score (nSPS) is 16.5. The van der Waals surface area contributed by atoms with Crippen molar-refractivity contribution in [3.05, 3.63) is 60.2 Å². The fraction of sp³-hybridized carbons (Fsp3) is 0.435. The highest BCUT2D eigenvalue weighted by molar-refractivity contribution is 5.95. The molecule has 5 nitrogen and oxygen atoms in total.